The van der Waals surface area contributed by atoms with Crippen molar-refractivity contribution in [2.75, 3.05) is 12.8 Å². The van der Waals surface area contributed by atoms with Crippen LogP contribution in [0.2, 0.25) is 0 Å². The minimum absolute atomic E-state index is 0.00231. The van der Waals surface area contributed by atoms with Gasteiger partial charge < -0.3 is 5.32 Å². The van der Waals surface area contributed by atoms with Crippen LogP contribution in [-0.2, 0) is 9.84 Å². The minimum atomic E-state index is -3.03. The molecule has 1 unspecified atom stereocenters. The topological polar surface area (TPSA) is 46.2 Å². The zero-order chi connectivity index (χ0) is 11.6. The van der Waals surface area contributed by atoms with Crippen LogP contribution in [0.4, 0.5) is 0 Å². The zero-order valence-electron chi connectivity index (χ0n) is 10.1. The summed E-state index contributed by atoms with van der Waals surface area (Å²) in [6, 6.07) is 0.00231. The molecule has 1 atom stereocenters. The first-order chi connectivity index (χ1) is 6.14. The molecule has 3 nitrogen and oxygen atoms in total. The highest BCUT2D eigenvalue weighted by atomic mass is 32.2. The smallest absolute Gasteiger partial charge is 0.154 e. The van der Waals surface area contributed by atoms with Gasteiger partial charge in [0.15, 0.2) is 9.84 Å². The molecule has 86 valence electrons. The molecular weight excluding hydrogens is 198 g/mol. The Labute approximate surface area is 88.2 Å². The van der Waals surface area contributed by atoms with Crippen LogP contribution in [0.5, 0.6) is 0 Å². The molecule has 14 heavy (non-hydrogen) atoms. The van der Waals surface area contributed by atoms with Crippen LogP contribution in [0.15, 0.2) is 0 Å². The van der Waals surface area contributed by atoms with E-state index in [1.165, 1.54) is 6.26 Å². The molecule has 0 aromatic heterocycles. The number of hydrogen-bond donors (Lipinski definition) is 1. The molecule has 0 aromatic carbocycles. The van der Waals surface area contributed by atoms with E-state index in [9.17, 15) is 8.42 Å². The summed E-state index contributed by atoms with van der Waals surface area (Å²) in [5, 5.41) is 3.25. The molecular formula is C10H23NO2S. The first-order valence-corrected chi connectivity index (χ1v) is 6.96. The summed E-state index contributed by atoms with van der Waals surface area (Å²) in [6.07, 6.45) is 1.31. The minimum Gasteiger partial charge on any atom is -0.312 e. The van der Waals surface area contributed by atoms with Gasteiger partial charge in [-0.25, -0.2) is 8.42 Å². The summed E-state index contributed by atoms with van der Waals surface area (Å²) >= 11 is 0. The Morgan fingerprint density at radius 2 is 1.71 bits per heavy atom. The van der Waals surface area contributed by atoms with E-state index in [0.29, 0.717) is 5.92 Å². The first kappa shape index (κ1) is 13.9. The van der Waals surface area contributed by atoms with Gasteiger partial charge in [0.25, 0.3) is 0 Å². The van der Waals surface area contributed by atoms with Gasteiger partial charge in [-0.1, -0.05) is 20.8 Å². The molecule has 0 saturated carbocycles. The van der Waals surface area contributed by atoms with Crippen LogP contribution < -0.4 is 5.32 Å². The molecule has 0 spiro atoms. The maximum atomic E-state index is 11.6. The standard InChI is InChI=1S/C10H23NO2S/c1-7-11-9(8(2)3)10(4,5)14(6,12)13/h8-9,11H,7H2,1-6H3. The van der Waals surface area contributed by atoms with Crippen molar-refractivity contribution in [3.8, 4) is 0 Å². The van der Waals surface area contributed by atoms with Gasteiger partial charge in [0.05, 0.1) is 4.75 Å². The van der Waals surface area contributed by atoms with Gasteiger partial charge in [-0.3, -0.25) is 0 Å². The van der Waals surface area contributed by atoms with Crippen molar-refractivity contribution in [2.24, 2.45) is 5.92 Å². The van der Waals surface area contributed by atoms with Gasteiger partial charge >= 0.3 is 0 Å². The van der Waals surface area contributed by atoms with Crippen LogP contribution in [0.25, 0.3) is 0 Å². The molecule has 0 fully saturated rings. The first-order valence-electron chi connectivity index (χ1n) is 5.07. The normalized spacial score (nSPS) is 15.9. The molecule has 0 aliphatic carbocycles. The fraction of sp³-hybridized carbons (Fsp3) is 1.00. The lowest BCUT2D eigenvalue weighted by Crippen LogP contribution is -2.54. The summed E-state index contributed by atoms with van der Waals surface area (Å²) in [4.78, 5) is 0. The highest BCUT2D eigenvalue weighted by Gasteiger charge is 2.39. The fourth-order valence-corrected chi connectivity index (χ4v) is 2.55. The Bertz CT molecular complexity index is 268. The SMILES string of the molecule is CCNC(C(C)C)C(C)(C)S(C)(=O)=O. The summed E-state index contributed by atoms with van der Waals surface area (Å²) in [6.45, 7) is 10.4. The maximum absolute atomic E-state index is 11.6. The Morgan fingerprint density at radius 3 is 1.93 bits per heavy atom. The molecule has 0 saturated heterocycles. The molecule has 0 heterocycles. The summed E-state index contributed by atoms with van der Waals surface area (Å²) in [7, 11) is -3.03. The van der Waals surface area contributed by atoms with Crippen molar-refractivity contribution in [2.45, 2.75) is 45.4 Å². The average molecular weight is 221 g/mol. The van der Waals surface area contributed by atoms with E-state index in [1.807, 2.05) is 20.8 Å². The van der Waals surface area contributed by atoms with Crippen LogP contribution in [0.3, 0.4) is 0 Å². The fourth-order valence-electron chi connectivity index (χ4n) is 1.73. The number of nitrogens with one attached hydrogen (secondary N) is 1. The molecule has 0 amide bonds. The number of sulfone groups is 1. The molecule has 0 aromatic rings. The largest absolute Gasteiger partial charge is 0.312 e. The Balaban J connectivity index is 5.00. The average Bonchev–Trinajstić information content (AvgIpc) is 1.96. The number of hydrogen-bond acceptors (Lipinski definition) is 3. The highest BCUT2D eigenvalue weighted by molar-refractivity contribution is 7.92. The van der Waals surface area contributed by atoms with Gasteiger partial charge in [-0.05, 0) is 26.3 Å². The third-order valence-electron chi connectivity index (χ3n) is 2.80. The van der Waals surface area contributed by atoms with Crippen molar-refractivity contribution in [1.82, 2.24) is 5.32 Å². The van der Waals surface area contributed by atoms with E-state index in [-0.39, 0.29) is 6.04 Å². The predicted octanol–water partition coefficient (Wildman–Crippen LogP) is 1.44. The Hall–Kier alpha value is -0.0900. The van der Waals surface area contributed by atoms with Gasteiger partial charge in [0.2, 0.25) is 0 Å². The van der Waals surface area contributed by atoms with Gasteiger partial charge in [0, 0.05) is 12.3 Å². The van der Waals surface area contributed by atoms with E-state index in [0.717, 1.165) is 6.54 Å². The Kier molecular flexibility index (Phi) is 4.59. The van der Waals surface area contributed by atoms with Crippen LogP contribution in [0, 0.1) is 5.92 Å². The van der Waals surface area contributed by atoms with Crippen molar-refractivity contribution in [3.05, 3.63) is 0 Å². The van der Waals surface area contributed by atoms with E-state index in [2.05, 4.69) is 5.32 Å². The number of rotatable bonds is 5. The lowest BCUT2D eigenvalue weighted by atomic mass is 9.92. The molecule has 0 bridgehead atoms. The molecule has 4 heteroatoms. The summed E-state index contributed by atoms with van der Waals surface area (Å²) in [5.41, 5.74) is 0. The molecule has 0 rings (SSSR count). The summed E-state index contributed by atoms with van der Waals surface area (Å²) < 4.78 is 22.6. The van der Waals surface area contributed by atoms with Crippen molar-refractivity contribution in [1.29, 1.82) is 0 Å². The molecule has 0 aliphatic heterocycles. The molecule has 0 radical (unpaired) electrons. The monoisotopic (exact) mass is 221 g/mol. The van der Waals surface area contributed by atoms with E-state index < -0.39 is 14.6 Å². The third-order valence-corrected chi connectivity index (χ3v) is 4.96. The van der Waals surface area contributed by atoms with E-state index >= 15 is 0 Å². The van der Waals surface area contributed by atoms with E-state index in [4.69, 9.17) is 0 Å². The van der Waals surface area contributed by atoms with Gasteiger partial charge in [0.1, 0.15) is 0 Å². The quantitative estimate of drug-likeness (QED) is 0.764. The second kappa shape index (κ2) is 4.62. The third kappa shape index (κ3) is 2.95. The summed E-state index contributed by atoms with van der Waals surface area (Å²) in [5.74, 6) is 0.305. The van der Waals surface area contributed by atoms with Crippen molar-refractivity contribution in [3.63, 3.8) is 0 Å². The van der Waals surface area contributed by atoms with Crippen LogP contribution in [-0.4, -0.2) is 32.0 Å². The molecule has 0 aliphatic rings. The zero-order valence-corrected chi connectivity index (χ0v) is 10.9. The maximum Gasteiger partial charge on any atom is 0.154 e. The molecule has 1 N–H and O–H groups in total. The second-order valence-electron chi connectivity index (χ2n) is 4.65. The highest BCUT2D eigenvalue weighted by Crippen LogP contribution is 2.25. The lowest BCUT2D eigenvalue weighted by Gasteiger charge is -2.36. The predicted molar refractivity (Wildman–Crippen MR) is 61.2 cm³/mol. The van der Waals surface area contributed by atoms with Gasteiger partial charge in [-0.2, -0.15) is 0 Å². The lowest BCUT2D eigenvalue weighted by molar-refractivity contribution is 0.333. The van der Waals surface area contributed by atoms with Crippen molar-refractivity contribution < 1.29 is 8.42 Å². The van der Waals surface area contributed by atoms with Crippen LogP contribution >= 0.6 is 0 Å². The van der Waals surface area contributed by atoms with Gasteiger partial charge in [-0.15, -0.1) is 0 Å². The van der Waals surface area contributed by atoms with Crippen molar-refractivity contribution >= 4 is 9.84 Å². The van der Waals surface area contributed by atoms with E-state index in [1.54, 1.807) is 13.8 Å². The Morgan fingerprint density at radius 1 is 1.29 bits per heavy atom. The van der Waals surface area contributed by atoms with Crippen LogP contribution in [0.1, 0.15) is 34.6 Å². The second-order valence-corrected chi connectivity index (χ2v) is 7.25.